The number of anilines is 2. The first-order valence-electron chi connectivity index (χ1n) is 13.2. The van der Waals surface area contributed by atoms with Crippen LogP contribution >= 0.6 is 0 Å². The summed E-state index contributed by atoms with van der Waals surface area (Å²) in [4.78, 5) is 42.4. The van der Waals surface area contributed by atoms with Gasteiger partial charge in [0.1, 0.15) is 11.6 Å². The van der Waals surface area contributed by atoms with E-state index in [0.717, 1.165) is 64.3 Å². The van der Waals surface area contributed by atoms with E-state index in [4.69, 9.17) is 4.74 Å². The third kappa shape index (κ3) is 5.61. The smallest absolute Gasteiger partial charge is 0.410 e. The fraction of sp³-hybridized carbons (Fsp3) is 0.667. The molecule has 1 atom stereocenters. The van der Waals surface area contributed by atoms with Crippen molar-refractivity contribution in [1.29, 1.82) is 0 Å². The largest absolute Gasteiger partial charge is 0.444 e. The Morgan fingerprint density at radius 2 is 1.72 bits per heavy atom. The van der Waals surface area contributed by atoms with Crippen LogP contribution in [0.1, 0.15) is 46.5 Å². The Morgan fingerprint density at radius 1 is 1.06 bits per heavy atom. The second kappa shape index (κ2) is 9.57. The number of nitrogens with zero attached hydrogens (tertiary/aromatic N) is 3. The summed E-state index contributed by atoms with van der Waals surface area (Å²) in [6, 6.07) is 7.89. The van der Waals surface area contributed by atoms with Crippen molar-refractivity contribution in [2.24, 2.45) is 11.3 Å². The summed E-state index contributed by atoms with van der Waals surface area (Å²) < 4.78 is 5.51. The molecule has 196 valence electrons. The highest BCUT2D eigenvalue weighted by molar-refractivity contribution is 6.01. The Kier molecular flexibility index (Phi) is 6.61. The first-order chi connectivity index (χ1) is 17.1. The fourth-order valence-electron chi connectivity index (χ4n) is 5.97. The molecule has 0 aliphatic carbocycles. The van der Waals surface area contributed by atoms with E-state index in [0.29, 0.717) is 24.2 Å². The van der Waals surface area contributed by atoms with Gasteiger partial charge in [0.2, 0.25) is 11.8 Å². The maximum atomic E-state index is 12.3. The minimum atomic E-state index is -0.439. The van der Waals surface area contributed by atoms with Crippen LogP contribution in [0.25, 0.3) is 0 Å². The molecule has 2 N–H and O–H groups in total. The molecule has 4 aliphatic heterocycles. The zero-order chi connectivity index (χ0) is 25.5. The number of carbonyl (C=O) groups excluding carboxylic acids is 3. The predicted octanol–water partition coefficient (Wildman–Crippen LogP) is 2.67. The quantitative estimate of drug-likeness (QED) is 0.604. The zero-order valence-electron chi connectivity index (χ0n) is 21.7. The van der Waals surface area contributed by atoms with Gasteiger partial charge in [0.05, 0.1) is 0 Å². The number of piperidine rings is 2. The summed E-state index contributed by atoms with van der Waals surface area (Å²) in [5.74, 6) is 0.211. The molecule has 36 heavy (non-hydrogen) atoms. The van der Waals surface area contributed by atoms with Crippen molar-refractivity contribution in [3.05, 3.63) is 24.3 Å². The molecule has 0 bridgehead atoms. The number of hydrogen-bond acceptors (Lipinski definition) is 7. The lowest BCUT2D eigenvalue weighted by Gasteiger charge is -2.61. The average molecular weight is 498 g/mol. The van der Waals surface area contributed by atoms with E-state index in [1.807, 2.05) is 37.8 Å². The van der Waals surface area contributed by atoms with Crippen LogP contribution < -0.4 is 15.5 Å². The number of rotatable bonds is 5. The van der Waals surface area contributed by atoms with Gasteiger partial charge in [-0.25, -0.2) is 4.79 Å². The van der Waals surface area contributed by atoms with E-state index < -0.39 is 5.60 Å². The van der Waals surface area contributed by atoms with Crippen LogP contribution in [0.2, 0.25) is 0 Å². The van der Waals surface area contributed by atoms with Gasteiger partial charge in [-0.3, -0.25) is 14.9 Å². The Morgan fingerprint density at radius 3 is 2.33 bits per heavy atom. The molecule has 4 fully saturated rings. The van der Waals surface area contributed by atoms with E-state index in [-0.39, 0.29) is 23.9 Å². The summed E-state index contributed by atoms with van der Waals surface area (Å²) in [6.07, 6.45) is 2.82. The van der Waals surface area contributed by atoms with Crippen LogP contribution in [-0.2, 0) is 14.3 Å². The van der Waals surface area contributed by atoms with Crippen LogP contribution in [0.5, 0.6) is 0 Å². The van der Waals surface area contributed by atoms with E-state index in [9.17, 15) is 14.4 Å². The van der Waals surface area contributed by atoms with Gasteiger partial charge in [0, 0.05) is 69.0 Å². The first kappa shape index (κ1) is 24.9. The molecule has 1 spiro atoms. The van der Waals surface area contributed by atoms with E-state index >= 15 is 0 Å². The van der Waals surface area contributed by atoms with Crippen molar-refractivity contribution < 1.29 is 19.1 Å². The number of benzene rings is 1. The predicted molar refractivity (Wildman–Crippen MR) is 138 cm³/mol. The summed E-state index contributed by atoms with van der Waals surface area (Å²) >= 11 is 0. The number of likely N-dealkylation sites (tertiary alicyclic amines) is 2. The van der Waals surface area contributed by atoms with Gasteiger partial charge in [0.15, 0.2) is 0 Å². The van der Waals surface area contributed by atoms with Crippen molar-refractivity contribution in [1.82, 2.24) is 15.1 Å². The lowest BCUT2D eigenvalue weighted by molar-refractivity contribution is -0.133. The third-order valence-corrected chi connectivity index (χ3v) is 7.77. The lowest BCUT2D eigenvalue weighted by Crippen LogP contribution is -2.72. The van der Waals surface area contributed by atoms with Gasteiger partial charge in [-0.05, 0) is 70.2 Å². The number of amides is 3. The Balaban J connectivity index is 1.01. The van der Waals surface area contributed by atoms with Crippen molar-refractivity contribution >= 4 is 29.3 Å². The summed E-state index contributed by atoms with van der Waals surface area (Å²) in [5, 5.41) is 5.63. The second-order valence-electron chi connectivity index (χ2n) is 12.1. The van der Waals surface area contributed by atoms with Crippen LogP contribution in [0.15, 0.2) is 24.3 Å². The van der Waals surface area contributed by atoms with Crippen molar-refractivity contribution in [3.8, 4) is 0 Å². The molecule has 4 aliphatic rings. The Hall–Kier alpha value is -2.81. The van der Waals surface area contributed by atoms with Gasteiger partial charge >= 0.3 is 6.09 Å². The number of nitrogens with one attached hydrogen (secondary N) is 2. The second-order valence-corrected chi connectivity index (χ2v) is 12.1. The number of imide groups is 1. The number of hydrogen-bond donors (Lipinski definition) is 2. The highest BCUT2D eigenvalue weighted by atomic mass is 16.6. The molecule has 1 aromatic rings. The molecule has 1 aromatic carbocycles. The molecular weight excluding hydrogens is 458 g/mol. The lowest BCUT2D eigenvalue weighted by atomic mass is 9.72. The maximum Gasteiger partial charge on any atom is 0.410 e. The normalized spacial score (nSPS) is 24.7. The molecule has 3 amide bonds. The van der Waals surface area contributed by atoms with Gasteiger partial charge in [-0.1, -0.05) is 0 Å². The highest BCUT2D eigenvalue weighted by Crippen LogP contribution is 2.42. The monoisotopic (exact) mass is 497 g/mol. The van der Waals surface area contributed by atoms with Crippen LogP contribution in [-0.4, -0.2) is 85.2 Å². The van der Waals surface area contributed by atoms with Gasteiger partial charge in [-0.2, -0.15) is 0 Å². The molecule has 5 rings (SSSR count). The summed E-state index contributed by atoms with van der Waals surface area (Å²) in [5.41, 5.74) is 2.09. The average Bonchev–Trinajstić information content (AvgIpc) is 2.76. The van der Waals surface area contributed by atoms with Crippen LogP contribution in [0.4, 0.5) is 16.2 Å². The molecule has 0 saturated carbocycles. The van der Waals surface area contributed by atoms with E-state index in [1.54, 1.807) is 0 Å². The fourth-order valence-corrected chi connectivity index (χ4v) is 5.97. The molecular formula is C27H39N5O4. The standard InChI is InChI=1S/C27H39N5O4/c1-26(2,3)36-25(35)31-12-10-19(11-13-31)14-30-15-27(16-30)17-32(18-27)21-6-4-20(5-7-21)28-22-8-9-23(33)29-24(22)34/h4-7,19,22,28H,8-18H2,1-3H3,(H,29,33,34). The first-order valence-corrected chi connectivity index (χ1v) is 13.2. The maximum absolute atomic E-state index is 12.3. The van der Waals surface area contributed by atoms with Crippen LogP contribution in [0, 0.1) is 11.3 Å². The molecule has 4 heterocycles. The van der Waals surface area contributed by atoms with Gasteiger partial charge < -0.3 is 24.8 Å². The minimum Gasteiger partial charge on any atom is -0.444 e. The molecule has 0 radical (unpaired) electrons. The Labute approximate surface area is 213 Å². The van der Waals surface area contributed by atoms with Crippen molar-refractivity contribution in [2.45, 2.75) is 58.1 Å². The molecule has 9 nitrogen and oxygen atoms in total. The van der Waals surface area contributed by atoms with E-state index in [2.05, 4.69) is 32.6 Å². The highest BCUT2D eigenvalue weighted by Gasteiger charge is 2.51. The molecule has 4 saturated heterocycles. The van der Waals surface area contributed by atoms with Crippen molar-refractivity contribution in [3.63, 3.8) is 0 Å². The van der Waals surface area contributed by atoms with Crippen molar-refractivity contribution in [2.75, 3.05) is 56.0 Å². The topological polar surface area (TPSA) is 94.2 Å². The van der Waals surface area contributed by atoms with E-state index in [1.165, 1.54) is 5.69 Å². The summed E-state index contributed by atoms with van der Waals surface area (Å²) in [6.45, 7) is 12.9. The molecule has 1 unspecified atom stereocenters. The minimum absolute atomic E-state index is 0.182. The molecule has 9 heteroatoms. The third-order valence-electron chi connectivity index (χ3n) is 7.77. The Bertz CT molecular complexity index is 982. The SMILES string of the molecule is CC(C)(C)OC(=O)N1CCC(CN2CC3(C2)CN(c2ccc(NC4CCC(=O)NC4=O)cc2)C3)CC1. The van der Waals surface area contributed by atoms with Gasteiger partial charge in [-0.15, -0.1) is 0 Å². The van der Waals surface area contributed by atoms with Crippen LogP contribution in [0.3, 0.4) is 0 Å². The zero-order valence-corrected chi connectivity index (χ0v) is 21.7. The number of ether oxygens (including phenoxy) is 1. The number of carbonyl (C=O) groups is 3. The molecule has 0 aromatic heterocycles. The van der Waals surface area contributed by atoms with Gasteiger partial charge in [0.25, 0.3) is 0 Å². The summed E-state index contributed by atoms with van der Waals surface area (Å²) in [7, 11) is 0.